The number of nitrogens with zero attached hydrogens (tertiary/aromatic N) is 3. The molecule has 0 bridgehead atoms. The van der Waals surface area contributed by atoms with Crippen LogP contribution in [0.2, 0.25) is 0 Å². The highest BCUT2D eigenvalue weighted by atomic mass is 16.2. The van der Waals surface area contributed by atoms with E-state index in [4.69, 9.17) is 0 Å². The molecule has 0 aromatic heterocycles. The van der Waals surface area contributed by atoms with Gasteiger partial charge in [0.25, 0.3) is 5.91 Å². The van der Waals surface area contributed by atoms with Gasteiger partial charge in [0, 0.05) is 39.0 Å². The topological polar surface area (TPSA) is 65.0 Å². The molecule has 0 aromatic carbocycles. The molecule has 0 radical (unpaired) electrons. The van der Waals surface area contributed by atoms with E-state index in [1.807, 2.05) is 0 Å². The smallest absolute Gasteiger partial charge is 0.267 e. The molecule has 2 heterocycles. The number of rotatable bonds is 4. The van der Waals surface area contributed by atoms with Gasteiger partial charge >= 0.3 is 0 Å². The Labute approximate surface area is 144 Å². The van der Waals surface area contributed by atoms with Crippen molar-refractivity contribution in [3.05, 3.63) is 0 Å². The maximum absolute atomic E-state index is 12.4. The third kappa shape index (κ3) is 4.56. The molecule has 1 unspecified atom stereocenters. The van der Waals surface area contributed by atoms with Crippen LogP contribution in [-0.2, 0) is 9.59 Å². The minimum absolute atomic E-state index is 0.0251. The molecule has 2 aliphatic heterocycles. The van der Waals surface area contributed by atoms with E-state index in [2.05, 4.69) is 15.3 Å². The van der Waals surface area contributed by atoms with Crippen LogP contribution in [0.25, 0.3) is 0 Å². The molecule has 0 spiro atoms. The Morgan fingerprint density at radius 3 is 2.71 bits per heavy atom. The van der Waals surface area contributed by atoms with Crippen LogP contribution in [0.4, 0.5) is 0 Å². The van der Waals surface area contributed by atoms with Gasteiger partial charge in [-0.15, -0.1) is 0 Å². The standard InChI is InChI=1S/C18H30N4O2/c1-21-17(23)10-9-16(20-21)18(24)19-15-8-5-11-22(13-15)12-14-6-3-2-4-7-14/h14-15H,2-13H2,1H3,(H,19,24). The zero-order chi connectivity index (χ0) is 16.9. The number of likely N-dealkylation sites (tertiary alicyclic amines) is 1. The molecule has 1 aliphatic carbocycles. The quantitative estimate of drug-likeness (QED) is 0.852. The van der Waals surface area contributed by atoms with Gasteiger partial charge in [0.15, 0.2) is 0 Å². The third-order valence-electron chi connectivity index (χ3n) is 5.55. The largest absolute Gasteiger partial charge is 0.347 e. The van der Waals surface area contributed by atoms with Crippen molar-refractivity contribution in [3.8, 4) is 0 Å². The number of carbonyl (C=O) groups is 2. The SMILES string of the molecule is CN1N=C(C(=O)NC2CCCN(CC3CCCCC3)C2)CCC1=O. The first-order valence-electron chi connectivity index (χ1n) is 9.49. The Morgan fingerprint density at radius 2 is 1.96 bits per heavy atom. The van der Waals surface area contributed by atoms with E-state index in [1.54, 1.807) is 7.05 Å². The maximum Gasteiger partial charge on any atom is 0.267 e. The Morgan fingerprint density at radius 1 is 1.17 bits per heavy atom. The summed E-state index contributed by atoms with van der Waals surface area (Å²) in [6.45, 7) is 3.29. The summed E-state index contributed by atoms with van der Waals surface area (Å²) in [5.74, 6) is 0.720. The van der Waals surface area contributed by atoms with Gasteiger partial charge in [-0.1, -0.05) is 19.3 Å². The van der Waals surface area contributed by atoms with Crippen LogP contribution in [0.15, 0.2) is 5.10 Å². The van der Waals surface area contributed by atoms with Crippen molar-refractivity contribution in [2.45, 2.75) is 63.8 Å². The van der Waals surface area contributed by atoms with Crippen LogP contribution in [0.1, 0.15) is 57.8 Å². The fraction of sp³-hybridized carbons (Fsp3) is 0.833. The van der Waals surface area contributed by atoms with Crippen molar-refractivity contribution in [3.63, 3.8) is 0 Å². The first-order valence-corrected chi connectivity index (χ1v) is 9.49. The van der Waals surface area contributed by atoms with Crippen molar-refractivity contribution < 1.29 is 9.59 Å². The van der Waals surface area contributed by atoms with Crippen molar-refractivity contribution >= 4 is 17.5 Å². The molecule has 3 aliphatic rings. The zero-order valence-corrected chi connectivity index (χ0v) is 14.8. The van der Waals surface area contributed by atoms with Crippen LogP contribution >= 0.6 is 0 Å². The average Bonchev–Trinajstić information content (AvgIpc) is 2.58. The van der Waals surface area contributed by atoms with Crippen LogP contribution in [0.5, 0.6) is 0 Å². The van der Waals surface area contributed by atoms with Crippen molar-refractivity contribution in [1.29, 1.82) is 0 Å². The highest BCUT2D eigenvalue weighted by molar-refractivity contribution is 6.39. The number of piperidine rings is 1. The highest BCUT2D eigenvalue weighted by Crippen LogP contribution is 2.25. The number of amides is 2. The van der Waals surface area contributed by atoms with Crippen LogP contribution in [0.3, 0.4) is 0 Å². The van der Waals surface area contributed by atoms with E-state index < -0.39 is 0 Å². The van der Waals surface area contributed by atoms with Gasteiger partial charge in [-0.05, 0) is 38.1 Å². The van der Waals surface area contributed by atoms with Crippen LogP contribution < -0.4 is 5.32 Å². The molecule has 2 amide bonds. The number of hydrogen-bond donors (Lipinski definition) is 1. The van der Waals surface area contributed by atoms with Gasteiger partial charge < -0.3 is 10.2 Å². The van der Waals surface area contributed by atoms with Crippen LogP contribution in [-0.4, -0.2) is 60.2 Å². The van der Waals surface area contributed by atoms with Gasteiger partial charge in [0.05, 0.1) is 0 Å². The molecule has 1 N–H and O–H groups in total. The summed E-state index contributed by atoms with van der Waals surface area (Å²) in [7, 11) is 1.61. The number of nitrogens with one attached hydrogen (secondary N) is 1. The third-order valence-corrected chi connectivity index (χ3v) is 5.55. The van der Waals surface area contributed by atoms with E-state index in [0.717, 1.165) is 31.8 Å². The lowest BCUT2D eigenvalue weighted by atomic mass is 9.88. The summed E-state index contributed by atoms with van der Waals surface area (Å²) >= 11 is 0. The van der Waals surface area contributed by atoms with E-state index >= 15 is 0 Å². The lowest BCUT2D eigenvalue weighted by Gasteiger charge is -2.36. The number of hydrazone groups is 1. The predicted molar refractivity (Wildman–Crippen MR) is 93.6 cm³/mol. The zero-order valence-electron chi connectivity index (χ0n) is 14.8. The van der Waals surface area contributed by atoms with Crippen molar-refractivity contribution in [2.24, 2.45) is 11.0 Å². The van der Waals surface area contributed by atoms with Gasteiger partial charge in [0.1, 0.15) is 5.71 Å². The molecule has 2 fully saturated rings. The number of carbonyl (C=O) groups excluding carboxylic acids is 2. The second-order valence-electron chi connectivity index (χ2n) is 7.54. The maximum atomic E-state index is 12.4. The summed E-state index contributed by atoms with van der Waals surface area (Å²) < 4.78 is 0. The summed E-state index contributed by atoms with van der Waals surface area (Å²) in [4.78, 5) is 26.4. The Bertz CT molecular complexity index is 499. The normalized spacial score (nSPS) is 27.0. The number of hydrogen-bond acceptors (Lipinski definition) is 4. The monoisotopic (exact) mass is 334 g/mol. The summed E-state index contributed by atoms with van der Waals surface area (Å²) in [6, 6.07) is 0.209. The predicted octanol–water partition coefficient (Wildman–Crippen LogP) is 1.76. The molecule has 24 heavy (non-hydrogen) atoms. The minimum Gasteiger partial charge on any atom is -0.347 e. The molecule has 6 heteroatoms. The van der Waals surface area contributed by atoms with Crippen molar-refractivity contribution in [1.82, 2.24) is 15.2 Å². The molecule has 0 aromatic rings. The van der Waals surface area contributed by atoms with Gasteiger partial charge in [-0.3, -0.25) is 9.59 Å². The second kappa shape index (κ2) is 8.10. The van der Waals surface area contributed by atoms with E-state index in [-0.39, 0.29) is 17.9 Å². The van der Waals surface area contributed by atoms with Gasteiger partial charge in [-0.25, -0.2) is 5.01 Å². The molecule has 6 nitrogen and oxygen atoms in total. The summed E-state index contributed by atoms with van der Waals surface area (Å²) in [6.07, 6.45) is 9.89. The fourth-order valence-corrected chi connectivity index (χ4v) is 4.18. The lowest BCUT2D eigenvalue weighted by Crippen LogP contribution is -2.51. The van der Waals surface area contributed by atoms with E-state index in [9.17, 15) is 9.59 Å². The second-order valence-corrected chi connectivity index (χ2v) is 7.54. The molecule has 3 rings (SSSR count). The molecule has 1 saturated heterocycles. The van der Waals surface area contributed by atoms with E-state index in [1.165, 1.54) is 43.7 Å². The minimum atomic E-state index is -0.0983. The molecular weight excluding hydrogens is 304 g/mol. The molecule has 1 saturated carbocycles. The summed E-state index contributed by atoms with van der Waals surface area (Å²) in [5.41, 5.74) is 0.488. The molecule has 134 valence electrons. The first kappa shape index (κ1) is 17.4. The Hall–Kier alpha value is -1.43. The summed E-state index contributed by atoms with van der Waals surface area (Å²) in [5, 5.41) is 8.54. The van der Waals surface area contributed by atoms with E-state index in [0.29, 0.717) is 18.6 Å². The van der Waals surface area contributed by atoms with Crippen LogP contribution in [0, 0.1) is 5.92 Å². The highest BCUT2D eigenvalue weighted by Gasteiger charge is 2.27. The van der Waals surface area contributed by atoms with Gasteiger partial charge in [0.2, 0.25) is 5.91 Å². The Balaban J connectivity index is 1.48. The molecular formula is C18H30N4O2. The lowest BCUT2D eigenvalue weighted by molar-refractivity contribution is -0.130. The molecule has 1 atom stereocenters. The first-order chi connectivity index (χ1) is 11.6. The van der Waals surface area contributed by atoms with Gasteiger partial charge in [-0.2, -0.15) is 5.10 Å². The average molecular weight is 334 g/mol. The fourth-order valence-electron chi connectivity index (χ4n) is 4.18. The van der Waals surface area contributed by atoms with Crippen molar-refractivity contribution in [2.75, 3.05) is 26.7 Å². The Kier molecular flexibility index (Phi) is 5.87.